The summed E-state index contributed by atoms with van der Waals surface area (Å²) in [7, 11) is 0. The van der Waals surface area contributed by atoms with Gasteiger partial charge in [0.25, 0.3) is 0 Å². The van der Waals surface area contributed by atoms with Gasteiger partial charge in [-0.1, -0.05) is 13.8 Å². The molecule has 0 saturated carbocycles. The minimum absolute atomic E-state index is 0.180. The Labute approximate surface area is 230 Å². The second-order valence-corrected chi connectivity index (χ2v) is 8.78. The summed E-state index contributed by atoms with van der Waals surface area (Å²) in [4.78, 5) is 0. The first-order valence-electron chi connectivity index (χ1n) is 10.7. The van der Waals surface area contributed by atoms with Crippen molar-refractivity contribution < 1.29 is 119 Å². The van der Waals surface area contributed by atoms with Crippen LogP contribution in [-0.2, 0) is 4.74 Å². The van der Waals surface area contributed by atoms with Crippen molar-refractivity contribution in [3.8, 4) is 0 Å². The van der Waals surface area contributed by atoms with Crippen molar-refractivity contribution in [3.05, 3.63) is 0 Å². The van der Waals surface area contributed by atoms with Crippen molar-refractivity contribution in [3.63, 3.8) is 0 Å². The van der Waals surface area contributed by atoms with E-state index in [2.05, 4.69) is 4.74 Å². The highest BCUT2D eigenvalue weighted by atomic mass is 19.4. The number of hydrogen-bond acceptors (Lipinski definition) is 1. The lowest BCUT2D eigenvalue weighted by Gasteiger charge is -2.45. The number of rotatable bonds is 12. The van der Waals surface area contributed by atoms with E-state index >= 15 is 0 Å². The molecular formula is C18H12F26O. The molecule has 0 spiro atoms. The van der Waals surface area contributed by atoms with E-state index in [1.165, 1.54) is 0 Å². The molecule has 0 radical (unpaired) electrons. The van der Waals surface area contributed by atoms with Gasteiger partial charge in [-0.25, -0.2) is 8.78 Å². The molecule has 2 atom stereocenters. The minimum atomic E-state index is -8.74. The molecule has 0 N–H and O–H groups in total. The van der Waals surface area contributed by atoms with Crippen LogP contribution in [0, 0.1) is 0 Å². The Hall–Kier alpha value is -1.86. The third-order valence-corrected chi connectivity index (χ3v) is 5.93. The van der Waals surface area contributed by atoms with Crippen LogP contribution in [0.3, 0.4) is 0 Å². The third kappa shape index (κ3) is 5.81. The van der Waals surface area contributed by atoms with Crippen molar-refractivity contribution in [1.82, 2.24) is 0 Å². The van der Waals surface area contributed by atoms with Crippen molar-refractivity contribution in [2.45, 2.75) is 110 Å². The van der Waals surface area contributed by atoms with Gasteiger partial charge in [-0.2, -0.15) is 105 Å². The molecule has 0 aromatic carbocycles. The number of halogens is 26. The fourth-order valence-corrected chi connectivity index (χ4v) is 3.36. The Morgan fingerprint density at radius 1 is 0.333 bits per heavy atom. The van der Waals surface area contributed by atoms with E-state index in [1.54, 1.807) is 0 Å². The van der Waals surface area contributed by atoms with E-state index in [0.29, 0.717) is 0 Å². The lowest BCUT2D eigenvalue weighted by atomic mass is 9.84. The standard InChI is InChI=1S/C18H12F26O/c1-3-5(7(19,20)11(25,26)13(29,30)9(23,15(33,34)35)16(36,37)38)45-6(4-2)8(21,22)12(27,28)14(31,32)10(24,17(39,40)41)18(42,43)44/h5-6H,3-4H2,1-2H3. The first kappa shape index (κ1) is 43.1. The van der Waals surface area contributed by atoms with Crippen molar-refractivity contribution in [2.75, 3.05) is 0 Å². The highest BCUT2D eigenvalue weighted by Gasteiger charge is 2.95. The predicted octanol–water partition coefficient (Wildman–Crippen LogP) is 10.0. The van der Waals surface area contributed by atoms with E-state index in [1.807, 2.05) is 0 Å². The summed E-state index contributed by atoms with van der Waals surface area (Å²) >= 11 is 0. The smallest absolute Gasteiger partial charge is 0.362 e. The SMILES string of the molecule is CCC(OC(CC)C(F)(F)C(F)(F)C(F)(F)C(F)(C(F)(F)F)C(F)(F)F)C(F)(F)C(F)(F)C(F)(F)C(F)(C(F)(F)F)C(F)(F)F. The first-order chi connectivity index (χ1) is 19.1. The molecule has 0 aromatic heterocycles. The topological polar surface area (TPSA) is 9.23 Å². The van der Waals surface area contributed by atoms with Gasteiger partial charge >= 0.3 is 71.6 Å². The molecule has 2 unspecified atom stereocenters. The average molecular weight is 738 g/mol. The molecule has 0 amide bonds. The van der Waals surface area contributed by atoms with Gasteiger partial charge in [0.05, 0.1) is 0 Å². The lowest BCUT2D eigenvalue weighted by Crippen LogP contribution is -2.75. The van der Waals surface area contributed by atoms with Crippen LogP contribution in [0.5, 0.6) is 0 Å². The van der Waals surface area contributed by atoms with Crippen LogP contribution in [0.1, 0.15) is 26.7 Å². The quantitative estimate of drug-likeness (QED) is 0.181. The highest BCUT2D eigenvalue weighted by molar-refractivity contribution is 5.17. The van der Waals surface area contributed by atoms with Gasteiger partial charge in [-0.3, -0.25) is 0 Å². The molecule has 0 saturated heterocycles. The molecule has 0 bridgehead atoms. The molecule has 0 aromatic rings. The zero-order chi connectivity index (χ0) is 37.3. The zero-order valence-electron chi connectivity index (χ0n) is 20.8. The molecule has 0 heterocycles. The maximum absolute atomic E-state index is 14.4. The second-order valence-electron chi connectivity index (χ2n) is 8.78. The first-order valence-corrected chi connectivity index (χ1v) is 10.7. The van der Waals surface area contributed by atoms with Gasteiger partial charge in [-0.05, 0) is 12.8 Å². The number of ether oxygens (including phenoxy) is 1. The fourth-order valence-electron chi connectivity index (χ4n) is 3.36. The Balaban J connectivity index is 7.25. The van der Waals surface area contributed by atoms with Gasteiger partial charge in [0, 0.05) is 0 Å². The maximum atomic E-state index is 14.4. The van der Waals surface area contributed by atoms with Crippen molar-refractivity contribution in [1.29, 1.82) is 0 Å². The lowest BCUT2D eigenvalue weighted by molar-refractivity contribution is -0.456. The van der Waals surface area contributed by atoms with Crippen LogP contribution < -0.4 is 0 Å². The summed E-state index contributed by atoms with van der Waals surface area (Å²) in [5, 5.41) is 0. The van der Waals surface area contributed by atoms with Crippen molar-refractivity contribution in [2.24, 2.45) is 0 Å². The van der Waals surface area contributed by atoms with Crippen LogP contribution >= 0.6 is 0 Å². The fraction of sp³-hybridized carbons (Fsp3) is 1.00. The van der Waals surface area contributed by atoms with E-state index < -0.39 is 96.6 Å². The normalized spacial score (nSPS) is 17.9. The van der Waals surface area contributed by atoms with Crippen molar-refractivity contribution >= 4 is 0 Å². The number of hydrogen-bond donors (Lipinski definition) is 0. The van der Waals surface area contributed by atoms with Gasteiger partial charge in [0.2, 0.25) is 0 Å². The van der Waals surface area contributed by atoms with Crippen LogP contribution in [0.25, 0.3) is 0 Å². The Bertz CT molecular complexity index is 903. The third-order valence-electron chi connectivity index (χ3n) is 5.93. The monoisotopic (exact) mass is 738 g/mol. The average Bonchev–Trinajstić information content (AvgIpc) is 2.79. The number of alkyl halides is 26. The molecule has 0 aliphatic carbocycles. The zero-order valence-corrected chi connectivity index (χ0v) is 20.8. The molecule has 0 fully saturated rings. The van der Waals surface area contributed by atoms with Crippen LogP contribution in [0.15, 0.2) is 0 Å². The molecule has 1 nitrogen and oxygen atoms in total. The van der Waals surface area contributed by atoms with Crippen LogP contribution in [-0.4, -0.2) is 83.8 Å². The molecule has 0 rings (SSSR count). The summed E-state index contributed by atoms with van der Waals surface area (Å²) in [5.41, 5.74) is -17.2. The van der Waals surface area contributed by atoms with Gasteiger partial charge < -0.3 is 4.74 Å². The molecular weight excluding hydrogens is 726 g/mol. The molecule has 27 heteroatoms. The van der Waals surface area contributed by atoms with E-state index in [9.17, 15) is 114 Å². The summed E-state index contributed by atoms with van der Waals surface area (Å²) in [5.74, 6) is -49.6. The molecule has 0 aliphatic heterocycles. The van der Waals surface area contributed by atoms with E-state index in [-0.39, 0.29) is 13.8 Å². The van der Waals surface area contributed by atoms with Crippen LogP contribution in [0.4, 0.5) is 114 Å². The Morgan fingerprint density at radius 3 is 0.644 bits per heavy atom. The van der Waals surface area contributed by atoms with E-state index in [0.717, 1.165) is 0 Å². The maximum Gasteiger partial charge on any atom is 0.438 e. The van der Waals surface area contributed by atoms with Crippen LogP contribution in [0.2, 0.25) is 0 Å². The highest BCUT2D eigenvalue weighted by Crippen LogP contribution is 2.65. The second kappa shape index (κ2) is 11.4. The summed E-state index contributed by atoms with van der Waals surface area (Å²) < 4.78 is 351. The van der Waals surface area contributed by atoms with Gasteiger partial charge in [0.15, 0.2) is 0 Å². The largest absolute Gasteiger partial charge is 0.438 e. The molecule has 272 valence electrons. The van der Waals surface area contributed by atoms with Gasteiger partial charge in [-0.15, -0.1) is 0 Å². The Morgan fingerprint density at radius 2 is 0.511 bits per heavy atom. The summed E-state index contributed by atoms with van der Waals surface area (Å²) in [6, 6.07) is 0. The minimum Gasteiger partial charge on any atom is -0.362 e. The predicted molar refractivity (Wildman–Crippen MR) is 90.8 cm³/mol. The molecule has 0 aliphatic rings. The summed E-state index contributed by atoms with van der Waals surface area (Å²) in [6.07, 6.45) is -47.7. The summed E-state index contributed by atoms with van der Waals surface area (Å²) in [6.45, 7) is -0.360. The Kier molecular flexibility index (Phi) is 10.9. The van der Waals surface area contributed by atoms with Gasteiger partial charge in [0.1, 0.15) is 12.2 Å². The van der Waals surface area contributed by atoms with E-state index in [4.69, 9.17) is 0 Å². The molecule has 45 heavy (non-hydrogen) atoms.